The maximum atomic E-state index is 13.3. The number of benzene rings is 2. The number of halogens is 1. The average Bonchev–Trinajstić information content (AvgIpc) is 2.84. The zero-order valence-corrected chi connectivity index (χ0v) is 22.7. The molecule has 0 aromatic heterocycles. The Kier molecular flexibility index (Phi) is 10.1. The number of hydrogen-bond donors (Lipinski definition) is 1. The fourth-order valence-electron chi connectivity index (χ4n) is 4.05. The predicted octanol–water partition coefficient (Wildman–Crippen LogP) is 6.76. The molecule has 1 heterocycles. The number of ether oxygens (including phenoxy) is 2. The number of hydrogen-bond acceptors (Lipinski definition) is 5. The van der Waals surface area contributed by atoms with Crippen LogP contribution in [0.15, 0.2) is 35.9 Å². The minimum Gasteiger partial charge on any atom is -0.490 e. The van der Waals surface area contributed by atoms with Crippen molar-refractivity contribution in [2.45, 2.75) is 66.2 Å². The van der Waals surface area contributed by atoms with Gasteiger partial charge in [0.05, 0.1) is 23.9 Å². The van der Waals surface area contributed by atoms with Gasteiger partial charge in [-0.2, -0.15) is 0 Å². The summed E-state index contributed by atoms with van der Waals surface area (Å²) in [5.41, 5.74) is 2.63. The Morgan fingerprint density at radius 1 is 0.919 bits per heavy atom. The molecule has 2 aromatic rings. The van der Waals surface area contributed by atoms with E-state index in [1.165, 1.54) is 31.8 Å². The summed E-state index contributed by atoms with van der Waals surface area (Å²) in [6.07, 6.45) is 8.25. The lowest BCUT2D eigenvalue weighted by molar-refractivity contribution is -0.122. The molecule has 0 atom stereocenters. The molecule has 0 spiro atoms. The molecule has 1 aliphatic rings. The Bertz CT molecular complexity index is 1190. The highest BCUT2D eigenvalue weighted by atomic mass is 35.5. The van der Waals surface area contributed by atoms with Crippen LogP contribution in [0.1, 0.15) is 69.1 Å². The van der Waals surface area contributed by atoms with E-state index in [0.717, 1.165) is 28.9 Å². The standard InChI is InChI=1S/C29H35ClN2O5/c1-5-7-8-9-10-11-14-37-26-24(30)17-21(18-25(26)36-6-2)16-23-27(33)31-29(35)32(28(23)34)22-13-12-19(3)20(4)15-22/h12-13,15-18H,5-11,14H2,1-4H3,(H,31,33,35)/b23-16-. The van der Waals surface area contributed by atoms with Crippen molar-refractivity contribution in [1.29, 1.82) is 0 Å². The third-order valence-electron chi connectivity index (χ3n) is 6.24. The number of anilines is 1. The van der Waals surface area contributed by atoms with Gasteiger partial charge in [-0.3, -0.25) is 14.9 Å². The van der Waals surface area contributed by atoms with Crippen molar-refractivity contribution in [2.75, 3.05) is 18.1 Å². The summed E-state index contributed by atoms with van der Waals surface area (Å²) in [6.45, 7) is 8.77. The summed E-state index contributed by atoms with van der Waals surface area (Å²) < 4.78 is 11.7. The van der Waals surface area contributed by atoms with E-state index < -0.39 is 17.8 Å². The molecule has 0 unspecified atom stereocenters. The third kappa shape index (κ3) is 7.13. The third-order valence-corrected chi connectivity index (χ3v) is 6.52. The summed E-state index contributed by atoms with van der Waals surface area (Å²) in [5, 5.41) is 2.57. The number of rotatable bonds is 12. The molecule has 0 radical (unpaired) electrons. The van der Waals surface area contributed by atoms with Crippen LogP contribution in [0.3, 0.4) is 0 Å². The highest BCUT2D eigenvalue weighted by molar-refractivity contribution is 6.39. The Balaban J connectivity index is 1.83. The van der Waals surface area contributed by atoms with Crippen molar-refractivity contribution in [2.24, 2.45) is 0 Å². The molecule has 1 saturated heterocycles. The molecule has 1 fully saturated rings. The number of imide groups is 2. The first kappa shape index (κ1) is 28.3. The van der Waals surface area contributed by atoms with E-state index >= 15 is 0 Å². The van der Waals surface area contributed by atoms with Gasteiger partial charge in [-0.25, -0.2) is 9.69 Å². The molecule has 8 heteroatoms. The van der Waals surface area contributed by atoms with Gasteiger partial charge < -0.3 is 9.47 Å². The minimum absolute atomic E-state index is 0.183. The summed E-state index contributed by atoms with van der Waals surface area (Å²) in [7, 11) is 0. The van der Waals surface area contributed by atoms with Crippen LogP contribution in [-0.4, -0.2) is 31.1 Å². The van der Waals surface area contributed by atoms with Gasteiger partial charge in [0.25, 0.3) is 11.8 Å². The fraction of sp³-hybridized carbons (Fsp3) is 0.414. The minimum atomic E-state index is -0.790. The summed E-state index contributed by atoms with van der Waals surface area (Å²) in [4.78, 5) is 39.4. The molecule has 37 heavy (non-hydrogen) atoms. The first-order valence-corrected chi connectivity index (χ1v) is 13.2. The van der Waals surface area contributed by atoms with Crippen LogP contribution in [0.5, 0.6) is 11.5 Å². The van der Waals surface area contributed by atoms with Crippen LogP contribution in [0.4, 0.5) is 10.5 Å². The highest BCUT2D eigenvalue weighted by Crippen LogP contribution is 2.38. The van der Waals surface area contributed by atoms with E-state index in [4.69, 9.17) is 21.1 Å². The number of amides is 4. The van der Waals surface area contributed by atoms with E-state index in [2.05, 4.69) is 12.2 Å². The Hall–Kier alpha value is -3.32. The number of urea groups is 1. The molecular formula is C29H35ClN2O5. The molecule has 1 N–H and O–H groups in total. The SMILES string of the molecule is CCCCCCCCOc1c(Cl)cc(/C=C2/C(=O)NC(=O)N(c3ccc(C)c(C)c3)C2=O)cc1OCC. The number of carbonyl (C=O) groups is 3. The smallest absolute Gasteiger partial charge is 0.335 e. The normalized spacial score (nSPS) is 14.8. The zero-order chi connectivity index (χ0) is 26.9. The molecule has 2 aromatic carbocycles. The largest absolute Gasteiger partial charge is 0.490 e. The van der Waals surface area contributed by atoms with Crippen LogP contribution in [0.25, 0.3) is 6.08 Å². The quantitative estimate of drug-likeness (QED) is 0.187. The van der Waals surface area contributed by atoms with Crippen LogP contribution in [0, 0.1) is 13.8 Å². The first-order chi connectivity index (χ1) is 17.8. The topological polar surface area (TPSA) is 84.9 Å². The van der Waals surface area contributed by atoms with Crippen molar-refractivity contribution in [3.05, 3.63) is 57.6 Å². The maximum Gasteiger partial charge on any atom is 0.335 e. The Morgan fingerprint density at radius 2 is 1.65 bits per heavy atom. The number of aryl methyl sites for hydroxylation is 2. The van der Waals surface area contributed by atoms with Crippen molar-refractivity contribution < 1.29 is 23.9 Å². The lowest BCUT2D eigenvalue weighted by Crippen LogP contribution is -2.54. The second-order valence-electron chi connectivity index (χ2n) is 9.11. The van der Waals surface area contributed by atoms with Gasteiger partial charge in [0.1, 0.15) is 5.57 Å². The molecular weight excluding hydrogens is 492 g/mol. The second-order valence-corrected chi connectivity index (χ2v) is 9.51. The second kappa shape index (κ2) is 13.3. The molecule has 0 bridgehead atoms. The van der Waals surface area contributed by atoms with Crippen LogP contribution >= 0.6 is 11.6 Å². The van der Waals surface area contributed by atoms with Crippen LogP contribution in [0.2, 0.25) is 5.02 Å². The van der Waals surface area contributed by atoms with Crippen molar-refractivity contribution in [1.82, 2.24) is 5.32 Å². The molecule has 7 nitrogen and oxygen atoms in total. The van der Waals surface area contributed by atoms with Gasteiger partial charge in [-0.15, -0.1) is 0 Å². The van der Waals surface area contributed by atoms with Gasteiger partial charge in [0, 0.05) is 0 Å². The van der Waals surface area contributed by atoms with E-state index in [0.29, 0.717) is 41.0 Å². The number of barbiturate groups is 1. The molecule has 3 rings (SSSR count). The van der Waals surface area contributed by atoms with Crippen molar-refractivity contribution in [3.63, 3.8) is 0 Å². The number of unbranched alkanes of at least 4 members (excludes halogenated alkanes) is 5. The number of carbonyl (C=O) groups excluding carboxylic acids is 3. The Morgan fingerprint density at radius 3 is 2.35 bits per heavy atom. The molecule has 0 saturated carbocycles. The summed E-state index contributed by atoms with van der Waals surface area (Å²) >= 11 is 6.54. The predicted molar refractivity (Wildman–Crippen MR) is 146 cm³/mol. The van der Waals surface area contributed by atoms with Gasteiger partial charge >= 0.3 is 6.03 Å². The highest BCUT2D eigenvalue weighted by Gasteiger charge is 2.37. The monoisotopic (exact) mass is 526 g/mol. The maximum absolute atomic E-state index is 13.3. The first-order valence-electron chi connectivity index (χ1n) is 12.8. The summed E-state index contributed by atoms with van der Waals surface area (Å²) in [5.74, 6) is -0.619. The zero-order valence-electron chi connectivity index (χ0n) is 22.0. The molecule has 4 amide bonds. The lowest BCUT2D eigenvalue weighted by atomic mass is 10.0. The van der Waals surface area contributed by atoms with E-state index in [-0.39, 0.29) is 5.57 Å². The Labute approximate surface area is 223 Å². The van der Waals surface area contributed by atoms with Gasteiger partial charge in [-0.05, 0) is 74.2 Å². The van der Waals surface area contributed by atoms with Gasteiger partial charge in [0.2, 0.25) is 0 Å². The summed E-state index contributed by atoms with van der Waals surface area (Å²) in [6, 6.07) is 7.74. The van der Waals surface area contributed by atoms with Crippen LogP contribution < -0.4 is 19.7 Å². The average molecular weight is 527 g/mol. The number of nitrogens with zero attached hydrogens (tertiary/aromatic N) is 1. The van der Waals surface area contributed by atoms with E-state index in [9.17, 15) is 14.4 Å². The molecule has 0 aliphatic carbocycles. The van der Waals surface area contributed by atoms with Crippen molar-refractivity contribution in [3.8, 4) is 11.5 Å². The van der Waals surface area contributed by atoms with E-state index in [1.807, 2.05) is 26.8 Å². The molecule has 1 aliphatic heterocycles. The lowest BCUT2D eigenvalue weighted by Gasteiger charge is -2.27. The van der Waals surface area contributed by atoms with Gasteiger partial charge in [-0.1, -0.05) is 56.7 Å². The van der Waals surface area contributed by atoms with Gasteiger partial charge in [0.15, 0.2) is 11.5 Å². The van der Waals surface area contributed by atoms with Crippen LogP contribution in [-0.2, 0) is 9.59 Å². The fourth-order valence-corrected chi connectivity index (χ4v) is 4.33. The molecule has 198 valence electrons. The number of nitrogens with one attached hydrogen (secondary N) is 1. The van der Waals surface area contributed by atoms with Crippen molar-refractivity contribution >= 4 is 41.2 Å². The van der Waals surface area contributed by atoms with E-state index in [1.54, 1.807) is 24.3 Å².